The quantitative estimate of drug-likeness (QED) is 0.402. The third-order valence-corrected chi connectivity index (χ3v) is 4.79. The van der Waals surface area contributed by atoms with Crippen LogP contribution in [0.5, 0.6) is 0 Å². The number of nitrogens with zero attached hydrogens (tertiary/aromatic N) is 3. The highest BCUT2D eigenvalue weighted by atomic mass is 32.1. The van der Waals surface area contributed by atoms with E-state index in [9.17, 15) is 4.79 Å². The van der Waals surface area contributed by atoms with E-state index in [1.807, 2.05) is 61.7 Å². The van der Waals surface area contributed by atoms with E-state index >= 15 is 0 Å². The number of hydrogen-bond donors (Lipinski definition) is 4. The Morgan fingerprint density at radius 1 is 0.875 bits per heavy atom. The summed E-state index contributed by atoms with van der Waals surface area (Å²) in [6.45, 7) is 5.45. The average Bonchev–Trinajstić information content (AvgIpc) is 3.46. The summed E-state index contributed by atoms with van der Waals surface area (Å²) in [6.07, 6.45) is 3.91. The molecule has 0 bridgehead atoms. The molecule has 0 fully saturated rings. The van der Waals surface area contributed by atoms with Gasteiger partial charge in [0.1, 0.15) is 6.33 Å². The standard InChI is InChI=1S/C8H10O.C6H11N3O2.C6H8OS.C3H8O/c9-7-6-8-4-2-1-3-5-8;1-2-8-5-7-9(3-4-10)6(8)11;7-4-3-6-2-1-5-8-6;1-2-3-4/h1-5,9H,6-7H2;5,10H,2-4H2,1H3;1-2,5,7H,3-4H2;4H,2-3H2,1H3. The van der Waals surface area contributed by atoms with E-state index in [2.05, 4.69) is 5.10 Å². The molecule has 0 saturated heterocycles. The highest BCUT2D eigenvalue weighted by Crippen LogP contribution is 2.07. The Bertz CT molecular complexity index is 818. The smallest absolute Gasteiger partial charge is 0.345 e. The predicted molar refractivity (Wildman–Crippen MR) is 129 cm³/mol. The molecular weight excluding hydrogens is 430 g/mol. The zero-order chi connectivity index (χ0) is 24.0. The van der Waals surface area contributed by atoms with E-state index in [1.54, 1.807) is 11.3 Å². The van der Waals surface area contributed by atoms with Gasteiger partial charge in [0.2, 0.25) is 0 Å². The molecule has 0 radical (unpaired) electrons. The minimum absolute atomic E-state index is 0.0549. The molecule has 3 aromatic rings. The normalized spacial score (nSPS) is 9.56. The van der Waals surface area contributed by atoms with Crippen LogP contribution in [0.1, 0.15) is 30.7 Å². The minimum Gasteiger partial charge on any atom is -0.396 e. The molecule has 180 valence electrons. The Hall–Kier alpha value is -2.30. The third kappa shape index (κ3) is 13.9. The molecule has 0 aliphatic heterocycles. The Morgan fingerprint density at radius 3 is 1.97 bits per heavy atom. The molecule has 2 aromatic heterocycles. The second-order valence-corrected chi connectivity index (χ2v) is 7.41. The second kappa shape index (κ2) is 20.6. The van der Waals surface area contributed by atoms with Crippen LogP contribution in [0.15, 0.2) is 59.0 Å². The molecule has 2 heterocycles. The summed E-state index contributed by atoms with van der Waals surface area (Å²) < 4.78 is 2.72. The number of rotatable bonds is 8. The Balaban J connectivity index is 0.000000420. The van der Waals surface area contributed by atoms with Gasteiger partial charge in [-0.05, 0) is 36.8 Å². The van der Waals surface area contributed by atoms with Gasteiger partial charge in [0.05, 0.1) is 13.2 Å². The first-order valence-corrected chi connectivity index (χ1v) is 11.6. The lowest BCUT2D eigenvalue weighted by atomic mass is 10.2. The molecule has 0 saturated carbocycles. The second-order valence-electron chi connectivity index (χ2n) is 6.38. The number of aryl methyl sites for hydroxylation is 1. The minimum atomic E-state index is -0.165. The van der Waals surface area contributed by atoms with Gasteiger partial charge in [-0.3, -0.25) is 4.57 Å². The number of aliphatic hydroxyl groups excluding tert-OH is 4. The largest absolute Gasteiger partial charge is 0.396 e. The van der Waals surface area contributed by atoms with E-state index in [1.165, 1.54) is 26.0 Å². The molecule has 0 aliphatic rings. The SMILES string of the molecule is CCCO.CCn1cnn(CCO)c1=O.OCCc1ccccc1.OCCc1cccs1. The van der Waals surface area contributed by atoms with Crippen LogP contribution in [0, 0.1) is 0 Å². The lowest BCUT2D eigenvalue weighted by molar-refractivity contribution is 0.266. The monoisotopic (exact) mass is 467 g/mol. The van der Waals surface area contributed by atoms with Crippen molar-refractivity contribution >= 4 is 11.3 Å². The van der Waals surface area contributed by atoms with E-state index < -0.39 is 0 Å². The fourth-order valence-electron chi connectivity index (χ4n) is 2.18. The molecule has 9 heteroatoms. The molecule has 1 aromatic carbocycles. The first-order chi connectivity index (χ1) is 15.6. The van der Waals surface area contributed by atoms with Crippen molar-refractivity contribution < 1.29 is 20.4 Å². The highest BCUT2D eigenvalue weighted by molar-refractivity contribution is 7.09. The lowest BCUT2D eigenvalue weighted by Gasteiger charge is -1.93. The average molecular weight is 468 g/mol. The van der Waals surface area contributed by atoms with E-state index in [0.29, 0.717) is 13.2 Å². The summed E-state index contributed by atoms with van der Waals surface area (Å²) >= 11 is 1.69. The van der Waals surface area contributed by atoms with Crippen LogP contribution in [-0.2, 0) is 25.9 Å². The Kier molecular flexibility index (Phi) is 19.1. The summed E-state index contributed by atoms with van der Waals surface area (Å²) in [6, 6.07) is 14.0. The van der Waals surface area contributed by atoms with E-state index in [-0.39, 0.29) is 32.1 Å². The predicted octanol–water partition coefficient (Wildman–Crippen LogP) is 1.95. The van der Waals surface area contributed by atoms with Crippen LogP contribution < -0.4 is 5.69 Å². The van der Waals surface area contributed by atoms with E-state index in [4.69, 9.17) is 20.4 Å². The van der Waals surface area contributed by atoms with Crippen molar-refractivity contribution in [2.24, 2.45) is 0 Å². The summed E-state index contributed by atoms with van der Waals surface area (Å²) in [7, 11) is 0. The van der Waals surface area contributed by atoms with Crippen molar-refractivity contribution in [3.05, 3.63) is 75.1 Å². The summed E-state index contributed by atoms with van der Waals surface area (Å²) in [5.74, 6) is 0. The number of aromatic nitrogens is 3. The van der Waals surface area contributed by atoms with Crippen molar-refractivity contribution in [3.63, 3.8) is 0 Å². The van der Waals surface area contributed by atoms with Gasteiger partial charge in [-0.2, -0.15) is 5.10 Å². The molecule has 0 aliphatic carbocycles. The van der Waals surface area contributed by atoms with Crippen molar-refractivity contribution in [2.45, 2.75) is 46.2 Å². The van der Waals surface area contributed by atoms with Gasteiger partial charge in [-0.25, -0.2) is 9.48 Å². The maximum absolute atomic E-state index is 11.1. The van der Waals surface area contributed by atoms with Crippen molar-refractivity contribution in [1.29, 1.82) is 0 Å². The van der Waals surface area contributed by atoms with Gasteiger partial charge in [0.25, 0.3) is 0 Å². The summed E-state index contributed by atoms with van der Waals surface area (Å²) in [4.78, 5) is 12.4. The molecule has 3 rings (SSSR count). The van der Waals surface area contributed by atoms with Gasteiger partial charge in [0, 0.05) is 37.7 Å². The summed E-state index contributed by atoms with van der Waals surface area (Å²) in [5.41, 5.74) is 1.03. The molecular formula is C23H37N3O5S. The number of thiophene rings is 1. The van der Waals surface area contributed by atoms with Crippen molar-refractivity contribution in [2.75, 3.05) is 26.4 Å². The van der Waals surface area contributed by atoms with Gasteiger partial charge >= 0.3 is 5.69 Å². The molecule has 8 nitrogen and oxygen atoms in total. The fourth-order valence-corrected chi connectivity index (χ4v) is 2.87. The molecule has 0 amide bonds. The number of hydrogen-bond acceptors (Lipinski definition) is 7. The first-order valence-electron chi connectivity index (χ1n) is 10.7. The van der Waals surface area contributed by atoms with Gasteiger partial charge in [-0.15, -0.1) is 11.3 Å². The Morgan fingerprint density at radius 2 is 1.53 bits per heavy atom. The van der Waals surface area contributed by atoms with Gasteiger partial charge in [-0.1, -0.05) is 43.3 Å². The maximum atomic E-state index is 11.1. The molecule has 0 atom stereocenters. The zero-order valence-corrected chi connectivity index (χ0v) is 19.8. The highest BCUT2D eigenvalue weighted by Gasteiger charge is 2.00. The molecule has 4 N–H and O–H groups in total. The van der Waals surface area contributed by atoms with Crippen LogP contribution in [0.25, 0.3) is 0 Å². The fraction of sp³-hybridized carbons (Fsp3) is 0.478. The van der Waals surface area contributed by atoms with Crippen LogP contribution in [-0.4, -0.2) is 61.2 Å². The van der Waals surface area contributed by atoms with E-state index in [0.717, 1.165) is 19.3 Å². The summed E-state index contributed by atoms with van der Waals surface area (Å²) in [5, 5.41) is 39.2. The van der Waals surface area contributed by atoms with Crippen LogP contribution in [0.2, 0.25) is 0 Å². The van der Waals surface area contributed by atoms with Crippen molar-refractivity contribution in [3.8, 4) is 0 Å². The number of benzene rings is 1. The first kappa shape index (κ1) is 29.7. The van der Waals surface area contributed by atoms with Crippen LogP contribution in [0.4, 0.5) is 0 Å². The Labute approximate surface area is 194 Å². The number of aliphatic hydroxyl groups is 4. The molecule has 0 spiro atoms. The van der Waals surface area contributed by atoms with Gasteiger partial charge < -0.3 is 20.4 Å². The topological polar surface area (TPSA) is 121 Å². The third-order valence-electron chi connectivity index (χ3n) is 3.85. The van der Waals surface area contributed by atoms with Crippen LogP contribution >= 0.6 is 11.3 Å². The maximum Gasteiger partial charge on any atom is 0.345 e. The van der Waals surface area contributed by atoms with Crippen molar-refractivity contribution in [1.82, 2.24) is 14.3 Å². The van der Waals surface area contributed by atoms with Crippen LogP contribution in [0.3, 0.4) is 0 Å². The molecule has 0 unspecified atom stereocenters. The lowest BCUT2D eigenvalue weighted by Crippen LogP contribution is -2.25. The van der Waals surface area contributed by atoms with Gasteiger partial charge in [0.15, 0.2) is 0 Å². The zero-order valence-electron chi connectivity index (χ0n) is 19.0. The molecule has 32 heavy (non-hydrogen) atoms.